The van der Waals surface area contributed by atoms with E-state index in [0.717, 1.165) is 29.5 Å². The van der Waals surface area contributed by atoms with Crippen molar-refractivity contribution in [1.29, 1.82) is 0 Å². The summed E-state index contributed by atoms with van der Waals surface area (Å²) in [4.78, 5) is 2.28. The molecule has 0 saturated heterocycles. The first-order valence-corrected chi connectivity index (χ1v) is 8.10. The van der Waals surface area contributed by atoms with E-state index in [9.17, 15) is 0 Å². The molecule has 0 amide bonds. The van der Waals surface area contributed by atoms with Crippen molar-refractivity contribution >= 4 is 27.3 Å². The van der Waals surface area contributed by atoms with Crippen LogP contribution < -0.4 is 5.73 Å². The number of likely N-dealkylation sites (N-methyl/N-ethyl adjacent to an activating group) is 1. The van der Waals surface area contributed by atoms with Gasteiger partial charge in [0.15, 0.2) is 0 Å². The van der Waals surface area contributed by atoms with E-state index in [1.54, 1.807) is 11.3 Å². The molecule has 0 aromatic carbocycles. The van der Waals surface area contributed by atoms with Gasteiger partial charge in [-0.05, 0) is 58.7 Å². The fourth-order valence-corrected chi connectivity index (χ4v) is 3.19. The van der Waals surface area contributed by atoms with E-state index in [4.69, 9.17) is 10.5 Å². The van der Waals surface area contributed by atoms with Crippen molar-refractivity contribution in [2.75, 3.05) is 33.4 Å². The molecular weight excluding hydrogens is 312 g/mol. The molecule has 1 aromatic heterocycles. The molecule has 18 heavy (non-hydrogen) atoms. The number of hydrogen-bond donors (Lipinski definition) is 1. The van der Waals surface area contributed by atoms with E-state index in [-0.39, 0.29) is 6.04 Å². The van der Waals surface area contributed by atoms with Crippen LogP contribution in [-0.4, -0.2) is 38.3 Å². The normalized spacial score (nSPS) is 17.3. The predicted octanol–water partition coefficient (Wildman–Crippen LogP) is 2.87. The monoisotopic (exact) mass is 332 g/mol. The summed E-state index contributed by atoms with van der Waals surface area (Å²) in [7, 11) is 2.11. The summed E-state index contributed by atoms with van der Waals surface area (Å²) < 4.78 is 6.84. The predicted molar refractivity (Wildman–Crippen MR) is 80.0 cm³/mol. The smallest absolute Gasteiger partial charge is 0.0701 e. The van der Waals surface area contributed by atoms with Crippen LogP contribution in [0, 0.1) is 5.92 Å². The maximum Gasteiger partial charge on any atom is 0.0701 e. The van der Waals surface area contributed by atoms with Gasteiger partial charge in [-0.2, -0.15) is 0 Å². The minimum Gasteiger partial charge on any atom is -0.380 e. The molecule has 5 heteroatoms. The lowest BCUT2D eigenvalue weighted by molar-refractivity contribution is 0.0923. The number of thiophene rings is 1. The van der Waals surface area contributed by atoms with E-state index >= 15 is 0 Å². The fraction of sp³-hybridized carbons (Fsp3) is 0.692. The summed E-state index contributed by atoms with van der Waals surface area (Å²) in [6.45, 7) is 3.31. The Labute approximate surface area is 121 Å². The maximum absolute atomic E-state index is 5.88. The zero-order valence-electron chi connectivity index (χ0n) is 10.8. The Morgan fingerprint density at radius 1 is 1.61 bits per heavy atom. The van der Waals surface area contributed by atoms with Crippen molar-refractivity contribution in [2.24, 2.45) is 11.7 Å². The highest BCUT2D eigenvalue weighted by Gasteiger charge is 2.21. The zero-order chi connectivity index (χ0) is 13.0. The van der Waals surface area contributed by atoms with Crippen LogP contribution in [0.15, 0.2) is 15.2 Å². The molecule has 1 saturated carbocycles. The van der Waals surface area contributed by atoms with Gasteiger partial charge in [0.2, 0.25) is 0 Å². The fourth-order valence-electron chi connectivity index (χ4n) is 1.97. The first-order chi connectivity index (χ1) is 8.70. The molecule has 1 atom stereocenters. The second kappa shape index (κ2) is 7.01. The van der Waals surface area contributed by atoms with Gasteiger partial charge in [0.25, 0.3) is 0 Å². The molecule has 1 aromatic rings. The van der Waals surface area contributed by atoms with Gasteiger partial charge in [0.05, 0.1) is 10.4 Å². The minimum atomic E-state index is 0.289. The highest BCUT2D eigenvalue weighted by Crippen LogP contribution is 2.29. The second-order valence-electron chi connectivity index (χ2n) is 4.93. The van der Waals surface area contributed by atoms with Crippen molar-refractivity contribution in [3.05, 3.63) is 20.8 Å². The lowest BCUT2D eigenvalue weighted by Crippen LogP contribution is -2.32. The summed E-state index contributed by atoms with van der Waals surface area (Å²) in [6, 6.07) is 2.45. The summed E-state index contributed by atoms with van der Waals surface area (Å²) >= 11 is 5.21. The van der Waals surface area contributed by atoms with Crippen LogP contribution >= 0.6 is 27.3 Å². The lowest BCUT2D eigenvalue weighted by Gasteiger charge is -2.26. The van der Waals surface area contributed by atoms with E-state index in [1.807, 2.05) is 0 Å². The first kappa shape index (κ1) is 14.5. The van der Waals surface area contributed by atoms with E-state index in [1.165, 1.54) is 18.4 Å². The largest absolute Gasteiger partial charge is 0.380 e. The molecule has 2 rings (SSSR count). The summed E-state index contributed by atoms with van der Waals surface area (Å²) in [5.41, 5.74) is 7.18. The maximum atomic E-state index is 5.88. The minimum absolute atomic E-state index is 0.289. The van der Waals surface area contributed by atoms with Crippen molar-refractivity contribution in [1.82, 2.24) is 4.90 Å². The highest BCUT2D eigenvalue weighted by molar-refractivity contribution is 9.11. The SMILES string of the molecule is CN(CCOCC1CC1)C(CN)c1csc(Br)c1. The molecule has 102 valence electrons. The summed E-state index contributed by atoms with van der Waals surface area (Å²) in [6.07, 6.45) is 2.70. The Morgan fingerprint density at radius 3 is 2.94 bits per heavy atom. The number of ether oxygens (including phenoxy) is 1. The summed E-state index contributed by atoms with van der Waals surface area (Å²) in [5, 5.41) is 2.17. The van der Waals surface area contributed by atoms with Crippen molar-refractivity contribution in [3.8, 4) is 0 Å². The molecule has 1 fully saturated rings. The molecular formula is C13H21BrN2OS. The molecule has 0 aliphatic heterocycles. The Morgan fingerprint density at radius 2 is 2.39 bits per heavy atom. The first-order valence-electron chi connectivity index (χ1n) is 6.42. The topological polar surface area (TPSA) is 38.5 Å². The van der Waals surface area contributed by atoms with Gasteiger partial charge in [0.1, 0.15) is 0 Å². The molecule has 1 heterocycles. The van der Waals surface area contributed by atoms with E-state index in [2.05, 4.69) is 39.3 Å². The average Bonchev–Trinajstić information content (AvgIpc) is 3.08. The molecule has 3 nitrogen and oxygen atoms in total. The van der Waals surface area contributed by atoms with Crippen LogP contribution in [0.5, 0.6) is 0 Å². The Balaban J connectivity index is 1.75. The van der Waals surface area contributed by atoms with Crippen LogP contribution in [0.25, 0.3) is 0 Å². The van der Waals surface area contributed by atoms with Crippen LogP contribution in [0.4, 0.5) is 0 Å². The number of nitrogens with two attached hydrogens (primary N) is 1. The van der Waals surface area contributed by atoms with Crippen LogP contribution in [0.1, 0.15) is 24.4 Å². The Bertz CT molecular complexity index is 368. The molecule has 1 unspecified atom stereocenters. The molecule has 0 radical (unpaired) electrons. The van der Waals surface area contributed by atoms with Crippen LogP contribution in [0.3, 0.4) is 0 Å². The Kier molecular flexibility index (Phi) is 5.63. The van der Waals surface area contributed by atoms with Crippen LogP contribution in [0.2, 0.25) is 0 Å². The second-order valence-corrected chi connectivity index (χ2v) is 7.23. The summed E-state index contributed by atoms with van der Waals surface area (Å²) in [5.74, 6) is 0.841. The van der Waals surface area contributed by atoms with Crippen molar-refractivity contribution in [2.45, 2.75) is 18.9 Å². The lowest BCUT2D eigenvalue weighted by atomic mass is 10.1. The number of rotatable bonds is 8. The zero-order valence-corrected chi connectivity index (χ0v) is 13.2. The van der Waals surface area contributed by atoms with Crippen molar-refractivity contribution in [3.63, 3.8) is 0 Å². The third-order valence-corrected chi connectivity index (χ3v) is 4.89. The van der Waals surface area contributed by atoms with Gasteiger partial charge in [-0.15, -0.1) is 11.3 Å². The van der Waals surface area contributed by atoms with Gasteiger partial charge in [-0.25, -0.2) is 0 Å². The van der Waals surface area contributed by atoms with Gasteiger partial charge >= 0.3 is 0 Å². The molecule has 0 spiro atoms. The van der Waals surface area contributed by atoms with Gasteiger partial charge in [0, 0.05) is 25.7 Å². The van der Waals surface area contributed by atoms with Gasteiger partial charge < -0.3 is 10.5 Å². The third-order valence-electron chi connectivity index (χ3n) is 3.37. The Hall–Kier alpha value is 0.0600. The standard InChI is InChI=1S/C13H21BrN2OS/c1-16(4-5-17-8-10-2-3-10)12(7-15)11-6-13(14)18-9-11/h6,9-10,12H,2-5,7-8,15H2,1H3. The number of halogens is 1. The number of hydrogen-bond acceptors (Lipinski definition) is 4. The quantitative estimate of drug-likeness (QED) is 0.744. The number of nitrogens with zero attached hydrogens (tertiary/aromatic N) is 1. The highest BCUT2D eigenvalue weighted by atomic mass is 79.9. The molecule has 1 aliphatic rings. The molecule has 0 bridgehead atoms. The van der Waals surface area contributed by atoms with Gasteiger partial charge in [-0.3, -0.25) is 4.90 Å². The van der Waals surface area contributed by atoms with E-state index in [0.29, 0.717) is 6.54 Å². The molecule has 1 aliphatic carbocycles. The van der Waals surface area contributed by atoms with Crippen LogP contribution in [-0.2, 0) is 4.74 Å². The van der Waals surface area contributed by atoms with E-state index < -0.39 is 0 Å². The third kappa shape index (κ3) is 4.31. The molecule has 2 N–H and O–H groups in total. The van der Waals surface area contributed by atoms with Gasteiger partial charge in [-0.1, -0.05) is 0 Å². The van der Waals surface area contributed by atoms with Crippen molar-refractivity contribution < 1.29 is 4.74 Å². The average molecular weight is 333 g/mol.